The number of guanidine groups is 1. The molecule has 7 nitrogen and oxygen atoms in total. The highest BCUT2D eigenvalue weighted by Crippen LogP contribution is 2.24. The van der Waals surface area contributed by atoms with Gasteiger partial charge in [-0.3, -0.25) is 14.7 Å². The average Bonchev–Trinajstić information content (AvgIpc) is 3.25. The number of nitrogens with one attached hydrogen (secondary N) is 2. The molecule has 2 aromatic rings. The highest BCUT2D eigenvalue weighted by Gasteiger charge is 2.41. The van der Waals surface area contributed by atoms with Crippen molar-refractivity contribution in [2.75, 3.05) is 46.4 Å². The SMILES string of the molecule is CN=C(NCCNC(=O)c1ccccc1)N1CC2OCCN(Cc3ccccc3)C2C1.I. The van der Waals surface area contributed by atoms with Gasteiger partial charge < -0.3 is 20.3 Å². The molecule has 0 saturated carbocycles. The van der Waals surface area contributed by atoms with E-state index in [2.05, 4.69) is 55.8 Å². The predicted octanol–water partition coefficient (Wildman–Crippen LogP) is 2.20. The van der Waals surface area contributed by atoms with Gasteiger partial charge in [-0.15, -0.1) is 24.0 Å². The molecule has 2 aromatic carbocycles. The van der Waals surface area contributed by atoms with Crippen LogP contribution in [0.5, 0.6) is 0 Å². The van der Waals surface area contributed by atoms with Crippen molar-refractivity contribution >= 4 is 35.8 Å². The third-order valence-corrected chi connectivity index (χ3v) is 5.89. The summed E-state index contributed by atoms with van der Waals surface area (Å²) in [7, 11) is 1.80. The van der Waals surface area contributed by atoms with Crippen molar-refractivity contribution < 1.29 is 9.53 Å². The molecule has 0 radical (unpaired) electrons. The highest BCUT2D eigenvalue weighted by molar-refractivity contribution is 14.0. The number of amides is 1. The van der Waals surface area contributed by atoms with E-state index in [4.69, 9.17) is 4.74 Å². The molecular formula is C24H32IN5O2. The normalized spacial score (nSPS) is 20.9. The minimum atomic E-state index is -0.0606. The van der Waals surface area contributed by atoms with Crippen LogP contribution in [0.4, 0.5) is 0 Å². The molecule has 1 amide bonds. The van der Waals surface area contributed by atoms with Gasteiger partial charge in [0.25, 0.3) is 5.91 Å². The third-order valence-electron chi connectivity index (χ3n) is 5.89. The number of aliphatic imine (C=N–C) groups is 1. The number of benzene rings is 2. The Morgan fingerprint density at radius 3 is 2.44 bits per heavy atom. The quantitative estimate of drug-likeness (QED) is 0.251. The lowest BCUT2D eigenvalue weighted by atomic mass is 10.1. The number of hydrogen-bond acceptors (Lipinski definition) is 4. The second-order valence-corrected chi connectivity index (χ2v) is 7.93. The number of halogens is 1. The van der Waals surface area contributed by atoms with E-state index >= 15 is 0 Å². The van der Waals surface area contributed by atoms with E-state index < -0.39 is 0 Å². The predicted molar refractivity (Wildman–Crippen MR) is 138 cm³/mol. The summed E-state index contributed by atoms with van der Waals surface area (Å²) < 4.78 is 6.08. The lowest BCUT2D eigenvalue weighted by Crippen LogP contribution is -2.50. The summed E-state index contributed by atoms with van der Waals surface area (Å²) in [5.41, 5.74) is 2.00. The minimum Gasteiger partial charge on any atom is -0.373 e. The van der Waals surface area contributed by atoms with Crippen LogP contribution in [0.3, 0.4) is 0 Å². The van der Waals surface area contributed by atoms with Crippen LogP contribution < -0.4 is 10.6 Å². The maximum absolute atomic E-state index is 12.2. The second-order valence-electron chi connectivity index (χ2n) is 7.93. The summed E-state index contributed by atoms with van der Waals surface area (Å²) in [4.78, 5) is 21.4. The van der Waals surface area contributed by atoms with Crippen LogP contribution in [0.1, 0.15) is 15.9 Å². The smallest absolute Gasteiger partial charge is 0.251 e. The van der Waals surface area contributed by atoms with E-state index in [-0.39, 0.29) is 36.0 Å². The molecule has 2 atom stereocenters. The lowest BCUT2D eigenvalue weighted by molar-refractivity contribution is -0.0502. The van der Waals surface area contributed by atoms with Crippen molar-refractivity contribution in [1.29, 1.82) is 0 Å². The molecule has 4 rings (SSSR count). The zero-order valence-corrected chi connectivity index (χ0v) is 20.8. The van der Waals surface area contributed by atoms with Gasteiger partial charge in [-0.2, -0.15) is 0 Å². The van der Waals surface area contributed by atoms with Crippen LogP contribution in [0.25, 0.3) is 0 Å². The van der Waals surface area contributed by atoms with Crippen LogP contribution in [0.15, 0.2) is 65.7 Å². The van der Waals surface area contributed by atoms with Crippen LogP contribution in [0, 0.1) is 0 Å². The van der Waals surface area contributed by atoms with Gasteiger partial charge in [-0.05, 0) is 17.7 Å². The third kappa shape index (κ3) is 6.20. The molecule has 0 spiro atoms. The summed E-state index contributed by atoms with van der Waals surface area (Å²) in [5.74, 6) is 0.793. The Kier molecular flexibility index (Phi) is 9.31. The van der Waals surface area contributed by atoms with Crippen LogP contribution >= 0.6 is 24.0 Å². The first kappa shape index (κ1) is 24.5. The van der Waals surface area contributed by atoms with Crippen molar-refractivity contribution in [3.63, 3.8) is 0 Å². The van der Waals surface area contributed by atoms with E-state index in [0.29, 0.717) is 24.7 Å². The number of carbonyl (C=O) groups is 1. The first-order valence-corrected chi connectivity index (χ1v) is 10.9. The van der Waals surface area contributed by atoms with E-state index in [1.807, 2.05) is 30.3 Å². The second kappa shape index (κ2) is 12.2. The number of nitrogens with zero attached hydrogens (tertiary/aromatic N) is 3. The number of likely N-dealkylation sites (tertiary alicyclic amines) is 1. The van der Waals surface area contributed by atoms with Gasteiger partial charge >= 0.3 is 0 Å². The maximum atomic E-state index is 12.2. The minimum absolute atomic E-state index is 0. The topological polar surface area (TPSA) is 69.2 Å². The molecule has 0 aromatic heterocycles. The van der Waals surface area contributed by atoms with Gasteiger partial charge in [-0.1, -0.05) is 48.5 Å². The summed E-state index contributed by atoms with van der Waals surface area (Å²) in [6.45, 7) is 5.51. The van der Waals surface area contributed by atoms with Gasteiger partial charge in [0.15, 0.2) is 5.96 Å². The van der Waals surface area contributed by atoms with Crippen molar-refractivity contribution in [3.05, 3.63) is 71.8 Å². The Bertz CT molecular complexity index is 880. The summed E-state index contributed by atoms with van der Waals surface area (Å²) in [6, 6.07) is 20.2. The van der Waals surface area contributed by atoms with Gasteiger partial charge in [0.1, 0.15) is 0 Å². The zero-order chi connectivity index (χ0) is 21.5. The van der Waals surface area contributed by atoms with Gasteiger partial charge in [0.05, 0.1) is 18.8 Å². The maximum Gasteiger partial charge on any atom is 0.251 e. The number of hydrogen-bond donors (Lipinski definition) is 2. The Morgan fingerprint density at radius 1 is 1.03 bits per heavy atom. The summed E-state index contributed by atoms with van der Waals surface area (Å²) in [6.07, 6.45) is 0.189. The lowest BCUT2D eigenvalue weighted by Gasteiger charge is -2.36. The molecule has 0 aliphatic carbocycles. The molecule has 2 aliphatic heterocycles. The Balaban J connectivity index is 0.00000289. The fourth-order valence-electron chi connectivity index (χ4n) is 4.32. The Hall–Kier alpha value is -2.17. The number of ether oxygens (including phenoxy) is 1. The zero-order valence-electron chi connectivity index (χ0n) is 18.4. The van der Waals surface area contributed by atoms with E-state index in [0.717, 1.165) is 38.7 Å². The van der Waals surface area contributed by atoms with Gasteiger partial charge in [-0.25, -0.2) is 0 Å². The Morgan fingerprint density at radius 2 is 1.72 bits per heavy atom. The van der Waals surface area contributed by atoms with Crippen LogP contribution in [-0.4, -0.2) is 80.2 Å². The number of rotatable bonds is 6. The van der Waals surface area contributed by atoms with Crippen molar-refractivity contribution in [2.45, 2.75) is 18.7 Å². The molecule has 0 bridgehead atoms. The summed E-state index contributed by atoms with van der Waals surface area (Å²) in [5, 5.41) is 6.32. The molecule has 2 N–H and O–H groups in total. The summed E-state index contributed by atoms with van der Waals surface area (Å²) >= 11 is 0. The number of fused-ring (bicyclic) bond motifs is 1. The van der Waals surface area contributed by atoms with Crippen molar-refractivity contribution in [2.24, 2.45) is 4.99 Å². The van der Waals surface area contributed by atoms with Crippen molar-refractivity contribution in [3.8, 4) is 0 Å². The monoisotopic (exact) mass is 549 g/mol. The van der Waals surface area contributed by atoms with Crippen molar-refractivity contribution in [1.82, 2.24) is 20.4 Å². The molecule has 2 fully saturated rings. The molecular weight excluding hydrogens is 517 g/mol. The fourth-order valence-corrected chi connectivity index (χ4v) is 4.32. The van der Waals surface area contributed by atoms with Gasteiger partial charge in [0.2, 0.25) is 0 Å². The number of carbonyl (C=O) groups excluding carboxylic acids is 1. The first-order valence-electron chi connectivity index (χ1n) is 10.9. The largest absolute Gasteiger partial charge is 0.373 e. The van der Waals surface area contributed by atoms with Gasteiger partial charge in [0, 0.05) is 51.9 Å². The molecule has 32 heavy (non-hydrogen) atoms. The molecule has 2 unspecified atom stereocenters. The van der Waals surface area contributed by atoms with E-state index in [1.54, 1.807) is 7.05 Å². The molecule has 8 heteroatoms. The van der Waals surface area contributed by atoms with Crippen LogP contribution in [0.2, 0.25) is 0 Å². The molecule has 2 saturated heterocycles. The standard InChI is InChI=1S/C24H31N5O2.HI/c1-25-24(27-13-12-26-23(30)20-10-6-3-7-11-20)29-17-21-22(18-29)31-15-14-28(21)16-19-8-4-2-5-9-19;/h2-11,21-22H,12-18H2,1H3,(H,25,27)(H,26,30);1H. The highest BCUT2D eigenvalue weighted by atomic mass is 127. The first-order chi connectivity index (χ1) is 15.2. The van der Waals surface area contributed by atoms with E-state index in [9.17, 15) is 4.79 Å². The molecule has 172 valence electrons. The Labute approximate surface area is 207 Å². The fraction of sp³-hybridized carbons (Fsp3) is 0.417. The van der Waals surface area contributed by atoms with Crippen LogP contribution in [-0.2, 0) is 11.3 Å². The average molecular weight is 549 g/mol. The van der Waals surface area contributed by atoms with E-state index in [1.165, 1.54) is 5.56 Å². The number of morpholine rings is 1. The molecule has 2 aliphatic rings. The molecule has 2 heterocycles.